The average Bonchev–Trinajstić information content (AvgIpc) is 2.74. The molecule has 0 aliphatic rings. The van der Waals surface area contributed by atoms with Crippen molar-refractivity contribution in [2.24, 2.45) is 0 Å². The standard InChI is InChI=1S/C24H28N2O3/c1-17-11-19(12-18(2)24(17)29-16-21-8-4-5-10-26-21)14-25-15-23(27)20-7-6-9-22(13-20)28-3/h4-13,23,25,27H,14-16H2,1-3H3. The molecular formula is C24H28N2O3. The van der Waals surface area contributed by atoms with E-state index in [1.807, 2.05) is 42.5 Å². The lowest BCUT2D eigenvalue weighted by Crippen LogP contribution is -2.21. The van der Waals surface area contributed by atoms with Crippen LogP contribution in [0.15, 0.2) is 60.8 Å². The van der Waals surface area contributed by atoms with Gasteiger partial charge in [-0.3, -0.25) is 4.98 Å². The molecule has 152 valence electrons. The highest BCUT2D eigenvalue weighted by molar-refractivity contribution is 5.43. The van der Waals surface area contributed by atoms with Gasteiger partial charge in [-0.2, -0.15) is 0 Å². The zero-order chi connectivity index (χ0) is 20.6. The van der Waals surface area contributed by atoms with E-state index < -0.39 is 6.10 Å². The van der Waals surface area contributed by atoms with E-state index in [9.17, 15) is 5.11 Å². The molecule has 1 aromatic heterocycles. The van der Waals surface area contributed by atoms with Crippen molar-refractivity contribution in [3.05, 3.63) is 88.7 Å². The SMILES string of the molecule is COc1cccc(C(O)CNCc2cc(C)c(OCc3ccccn3)c(C)c2)c1. The topological polar surface area (TPSA) is 63.6 Å². The van der Waals surface area contributed by atoms with Crippen LogP contribution in [0.5, 0.6) is 11.5 Å². The van der Waals surface area contributed by atoms with Crippen LogP contribution in [-0.2, 0) is 13.2 Å². The molecule has 0 fully saturated rings. The molecule has 0 saturated carbocycles. The highest BCUT2D eigenvalue weighted by Gasteiger charge is 2.10. The van der Waals surface area contributed by atoms with Crippen LogP contribution in [0.1, 0.15) is 34.1 Å². The molecule has 0 aliphatic heterocycles. The predicted molar refractivity (Wildman–Crippen MR) is 114 cm³/mol. The van der Waals surface area contributed by atoms with Crippen LogP contribution in [-0.4, -0.2) is 23.7 Å². The van der Waals surface area contributed by atoms with Crippen molar-refractivity contribution in [2.75, 3.05) is 13.7 Å². The van der Waals surface area contributed by atoms with E-state index >= 15 is 0 Å². The van der Waals surface area contributed by atoms with Crippen molar-refractivity contribution in [2.45, 2.75) is 33.1 Å². The molecule has 0 amide bonds. The fourth-order valence-electron chi connectivity index (χ4n) is 3.32. The first kappa shape index (κ1) is 20.8. The number of aryl methyl sites for hydroxylation is 2. The highest BCUT2D eigenvalue weighted by atomic mass is 16.5. The molecule has 29 heavy (non-hydrogen) atoms. The van der Waals surface area contributed by atoms with Crippen molar-refractivity contribution in [3.8, 4) is 11.5 Å². The summed E-state index contributed by atoms with van der Waals surface area (Å²) in [5, 5.41) is 13.7. The van der Waals surface area contributed by atoms with E-state index in [0.717, 1.165) is 39.4 Å². The second-order valence-corrected chi connectivity index (χ2v) is 7.09. The number of hydrogen-bond donors (Lipinski definition) is 2. The molecule has 0 radical (unpaired) electrons. The minimum atomic E-state index is -0.590. The summed E-state index contributed by atoms with van der Waals surface area (Å²) in [4.78, 5) is 4.30. The van der Waals surface area contributed by atoms with Crippen molar-refractivity contribution in [1.29, 1.82) is 0 Å². The summed E-state index contributed by atoms with van der Waals surface area (Å²) in [7, 11) is 1.62. The quantitative estimate of drug-likeness (QED) is 0.574. The van der Waals surface area contributed by atoms with Gasteiger partial charge in [-0.15, -0.1) is 0 Å². The van der Waals surface area contributed by atoms with E-state index in [1.165, 1.54) is 0 Å². The Morgan fingerprint density at radius 1 is 1.03 bits per heavy atom. The van der Waals surface area contributed by atoms with E-state index in [4.69, 9.17) is 9.47 Å². The molecule has 2 N–H and O–H groups in total. The lowest BCUT2D eigenvalue weighted by Gasteiger charge is -2.16. The zero-order valence-corrected chi connectivity index (χ0v) is 17.2. The summed E-state index contributed by atoms with van der Waals surface area (Å²) in [5.74, 6) is 1.64. The maximum atomic E-state index is 10.4. The van der Waals surface area contributed by atoms with Crippen molar-refractivity contribution in [3.63, 3.8) is 0 Å². The van der Waals surface area contributed by atoms with Crippen molar-refractivity contribution in [1.82, 2.24) is 10.3 Å². The zero-order valence-electron chi connectivity index (χ0n) is 17.2. The van der Waals surface area contributed by atoms with Gasteiger partial charge in [-0.05, 0) is 60.4 Å². The number of hydrogen-bond acceptors (Lipinski definition) is 5. The normalized spacial score (nSPS) is 11.9. The van der Waals surface area contributed by atoms with Gasteiger partial charge >= 0.3 is 0 Å². The van der Waals surface area contributed by atoms with Crippen molar-refractivity contribution >= 4 is 0 Å². The molecule has 5 nitrogen and oxygen atoms in total. The van der Waals surface area contributed by atoms with E-state index in [0.29, 0.717) is 19.7 Å². The van der Waals surface area contributed by atoms with Gasteiger partial charge in [0.2, 0.25) is 0 Å². The minimum absolute atomic E-state index is 0.451. The molecule has 5 heteroatoms. The number of aliphatic hydroxyl groups excluding tert-OH is 1. The van der Waals surface area contributed by atoms with Gasteiger partial charge in [0.25, 0.3) is 0 Å². The first-order valence-electron chi connectivity index (χ1n) is 9.72. The molecular weight excluding hydrogens is 364 g/mol. The van der Waals surface area contributed by atoms with Gasteiger partial charge in [0.05, 0.1) is 18.9 Å². The first-order valence-corrected chi connectivity index (χ1v) is 9.72. The number of pyridine rings is 1. The maximum absolute atomic E-state index is 10.4. The summed E-state index contributed by atoms with van der Waals surface area (Å²) in [5.41, 5.74) is 5.08. The molecule has 3 aromatic rings. The van der Waals surface area contributed by atoms with Gasteiger partial charge in [0.15, 0.2) is 0 Å². The lowest BCUT2D eigenvalue weighted by atomic mass is 10.1. The van der Waals surface area contributed by atoms with E-state index in [1.54, 1.807) is 13.3 Å². The number of nitrogens with one attached hydrogen (secondary N) is 1. The molecule has 0 saturated heterocycles. The van der Waals surface area contributed by atoms with Crippen LogP contribution >= 0.6 is 0 Å². The summed E-state index contributed by atoms with van der Waals surface area (Å²) in [6, 6.07) is 17.5. The summed E-state index contributed by atoms with van der Waals surface area (Å²) in [6.07, 6.45) is 1.18. The Morgan fingerprint density at radius 3 is 2.52 bits per heavy atom. The molecule has 2 aromatic carbocycles. The van der Waals surface area contributed by atoms with Gasteiger partial charge in [-0.1, -0.05) is 30.3 Å². The molecule has 1 unspecified atom stereocenters. The first-order chi connectivity index (χ1) is 14.1. The van der Waals surface area contributed by atoms with Crippen LogP contribution in [0, 0.1) is 13.8 Å². The number of ether oxygens (including phenoxy) is 2. The van der Waals surface area contributed by atoms with Gasteiger partial charge in [-0.25, -0.2) is 0 Å². The largest absolute Gasteiger partial charge is 0.497 e. The number of nitrogens with zero attached hydrogens (tertiary/aromatic N) is 1. The Morgan fingerprint density at radius 2 is 1.83 bits per heavy atom. The number of aliphatic hydroxyl groups is 1. The van der Waals surface area contributed by atoms with E-state index in [-0.39, 0.29) is 0 Å². The lowest BCUT2D eigenvalue weighted by molar-refractivity contribution is 0.174. The number of methoxy groups -OCH3 is 1. The average molecular weight is 392 g/mol. The Kier molecular flexibility index (Phi) is 7.22. The third kappa shape index (κ3) is 5.79. The second kappa shape index (κ2) is 10.0. The van der Waals surface area contributed by atoms with Crippen LogP contribution in [0.25, 0.3) is 0 Å². The van der Waals surface area contributed by atoms with E-state index in [2.05, 4.69) is 36.3 Å². The predicted octanol–water partition coefficient (Wildman–Crippen LogP) is 4.11. The minimum Gasteiger partial charge on any atom is -0.497 e. The summed E-state index contributed by atoms with van der Waals surface area (Å²) >= 11 is 0. The summed E-state index contributed by atoms with van der Waals surface area (Å²) < 4.78 is 11.2. The Labute approximate surface area is 172 Å². The maximum Gasteiger partial charge on any atom is 0.130 e. The second-order valence-electron chi connectivity index (χ2n) is 7.09. The fraction of sp³-hybridized carbons (Fsp3) is 0.292. The monoisotopic (exact) mass is 392 g/mol. The molecule has 1 heterocycles. The third-order valence-corrected chi connectivity index (χ3v) is 4.76. The van der Waals surface area contributed by atoms with Gasteiger partial charge < -0.3 is 19.9 Å². The third-order valence-electron chi connectivity index (χ3n) is 4.76. The Hall–Kier alpha value is -2.89. The molecule has 1 atom stereocenters. The van der Waals surface area contributed by atoms with Crippen LogP contribution in [0.2, 0.25) is 0 Å². The van der Waals surface area contributed by atoms with Crippen LogP contribution in [0.4, 0.5) is 0 Å². The fourth-order valence-corrected chi connectivity index (χ4v) is 3.32. The number of benzene rings is 2. The Bertz CT molecular complexity index is 905. The molecule has 3 rings (SSSR count). The van der Waals surface area contributed by atoms with Crippen molar-refractivity contribution < 1.29 is 14.6 Å². The highest BCUT2D eigenvalue weighted by Crippen LogP contribution is 2.26. The van der Waals surface area contributed by atoms with Crippen LogP contribution < -0.4 is 14.8 Å². The van der Waals surface area contributed by atoms with Gasteiger partial charge in [0.1, 0.15) is 18.1 Å². The molecule has 0 bridgehead atoms. The number of rotatable bonds is 9. The van der Waals surface area contributed by atoms with Crippen LogP contribution in [0.3, 0.4) is 0 Å². The Balaban J connectivity index is 1.56. The summed E-state index contributed by atoms with van der Waals surface area (Å²) in [6.45, 7) is 5.68. The van der Waals surface area contributed by atoms with Gasteiger partial charge in [0, 0.05) is 19.3 Å². The smallest absolute Gasteiger partial charge is 0.130 e. The number of aromatic nitrogens is 1. The molecule has 0 aliphatic carbocycles. The molecule has 0 spiro atoms.